The Labute approximate surface area is 121 Å². The standard InChI is InChI=1S/C13H15BrO4S/c1-10-5-7-12(8-6-10)19(17,18)9-11(14)3-2-4-13(15)16/h5-9H,2-4H2,1H3,(H,15,16)/b11-9+. The van der Waals surface area contributed by atoms with E-state index in [1.807, 2.05) is 6.92 Å². The lowest BCUT2D eigenvalue weighted by Gasteiger charge is -2.02. The van der Waals surface area contributed by atoms with Crippen LogP contribution in [-0.4, -0.2) is 19.5 Å². The van der Waals surface area contributed by atoms with Gasteiger partial charge < -0.3 is 5.11 Å². The smallest absolute Gasteiger partial charge is 0.303 e. The van der Waals surface area contributed by atoms with Crippen molar-refractivity contribution in [3.8, 4) is 0 Å². The maximum absolute atomic E-state index is 12.0. The lowest BCUT2D eigenvalue weighted by Crippen LogP contribution is -1.98. The van der Waals surface area contributed by atoms with E-state index in [9.17, 15) is 13.2 Å². The van der Waals surface area contributed by atoms with Crippen LogP contribution in [0.2, 0.25) is 0 Å². The predicted molar refractivity (Wildman–Crippen MR) is 76.9 cm³/mol. The molecule has 1 N–H and O–H groups in total. The van der Waals surface area contributed by atoms with Gasteiger partial charge in [0.1, 0.15) is 0 Å². The second kappa shape index (κ2) is 6.86. The molecule has 6 heteroatoms. The van der Waals surface area contributed by atoms with E-state index in [4.69, 9.17) is 5.11 Å². The SMILES string of the molecule is Cc1ccc(S(=O)(=O)/C=C(/Br)CCCC(=O)O)cc1. The summed E-state index contributed by atoms with van der Waals surface area (Å²) < 4.78 is 24.5. The fourth-order valence-electron chi connectivity index (χ4n) is 1.43. The van der Waals surface area contributed by atoms with Crippen LogP contribution in [0.15, 0.2) is 39.1 Å². The average molecular weight is 347 g/mol. The number of sulfone groups is 1. The summed E-state index contributed by atoms with van der Waals surface area (Å²) in [5, 5.41) is 9.65. The van der Waals surface area contributed by atoms with Crippen molar-refractivity contribution < 1.29 is 18.3 Å². The zero-order valence-electron chi connectivity index (χ0n) is 10.5. The molecule has 1 aromatic rings. The second-order valence-corrected chi connectivity index (χ2v) is 6.99. The number of benzene rings is 1. The minimum atomic E-state index is -3.48. The molecule has 0 aliphatic carbocycles. The molecular formula is C13H15BrO4S. The van der Waals surface area contributed by atoms with Gasteiger partial charge in [0.05, 0.1) is 4.90 Å². The summed E-state index contributed by atoms with van der Waals surface area (Å²) in [6.07, 6.45) is 0.806. The highest BCUT2D eigenvalue weighted by atomic mass is 79.9. The number of carbonyl (C=O) groups is 1. The van der Waals surface area contributed by atoms with E-state index in [2.05, 4.69) is 15.9 Å². The third-order valence-electron chi connectivity index (χ3n) is 2.44. The Balaban J connectivity index is 2.77. The first-order valence-corrected chi connectivity index (χ1v) is 8.05. The Bertz CT molecular complexity index is 573. The van der Waals surface area contributed by atoms with Crippen LogP contribution >= 0.6 is 15.9 Å². The summed E-state index contributed by atoms with van der Waals surface area (Å²) in [5.41, 5.74) is 0.989. The van der Waals surface area contributed by atoms with E-state index < -0.39 is 15.8 Å². The van der Waals surface area contributed by atoms with Crippen molar-refractivity contribution in [1.29, 1.82) is 0 Å². The fraction of sp³-hybridized carbons (Fsp3) is 0.308. The molecule has 0 fully saturated rings. The molecule has 0 radical (unpaired) electrons. The van der Waals surface area contributed by atoms with Crippen molar-refractivity contribution in [3.05, 3.63) is 39.7 Å². The van der Waals surface area contributed by atoms with Crippen molar-refractivity contribution in [2.45, 2.75) is 31.1 Å². The van der Waals surface area contributed by atoms with Crippen molar-refractivity contribution in [2.75, 3.05) is 0 Å². The second-order valence-electron chi connectivity index (χ2n) is 4.17. The molecule has 0 amide bonds. The number of allylic oxidation sites excluding steroid dienone is 1. The number of carboxylic acid groups (broad SMARTS) is 1. The molecule has 0 aliphatic heterocycles. The van der Waals surface area contributed by atoms with Gasteiger partial charge in [-0.25, -0.2) is 8.42 Å². The Morgan fingerprint density at radius 3 is 2.37 bits per heavy atom. The maximum atomic E-state index is 12.0. The van der Waals surface area contributed by atoms with Gasteiger partial charge in [-0.1, -0.05) is 33.6 Å². The molecule has 4 nitrogen and oxygen atoms in total. The highest BCUT2D eigenvalue weighted by molar-refractivity contribution is 9.11. The van der Waals surface area contributed by atoms with Crippen molar-refractivity contribution in [2.24, 2.45) is 0 Å². The maximum Gasteiger partial charge on any atom is 0.303 e. The van der Waals surface area contributed by atoms with Gasteiger partial charge in [0.15, 0.2) is 0 Å². The quantitative estimate of drug-likeness (QED) is 0.857. The van der Waals surface area contributed by atoms with E-state index in [1.165, 1.54) is 0 Å². The van der Waals surface area contributed by atoms with Gasteiger partial charge >= 0.3 is 5.97 Å². The van der Waals surface area contributed by atoms with Gasteiger partial charge in [0.2, 0.25) is 9.84 Å². The zero-order chi connectivity index (χ0) is 14.5. The van der Waals surface area contributed by atoms with Crippen LogP contribution in [0.25, 0.3) is 0 Å². The molecule has 0 aliphatic rings. The molecule has 104 valence electrons. The van der Waals surface area contributed by atoms with Crippen LogP contribution in [0, 0.1) is 6.92 Å². The molecule has 1 rings (SSSR count). The summed E-state index contributed by atoms with van der Waals surface area (Å²) in [6, 6.07) is 6.58. The molecule has 0 bridgehead atoms. The zero-order valence-corrected chi connectivity index (χ0v) is 12.9. The van der Waals surface area contributed by atoms with E-state index in [0.717, 1.165) is 11.0 Å². The molecule has 0 heterocycles. The number of rotatable bonds is 6. The van der Waals surface area contributed by atoms with Crippen molar-refractivity contribution in [3.63, 3.8) is 0 Å². The monoisotopic (exact) mass is 346 g/mol. The molecule has 0 saturated carbocycles. The summed E-state index contributed by atoms with van der Waals surface area (Å²) in [7, 11) is -3.48. The number of hydrogen-bond donors (Lipinski definition) is 1. The summed E-state index contributed by atoms with van der Waals surface area (Å²) in [6.45, 7) is 1.88. The highest BCUT2D eigenvalue weighted by Crippen LogP contribution is 2.20. The Morgan fingerprint density at radius 1 is 1.26 bits per heavy atom. The lowest BCUT2D eigenvalue weighted by atomic mass is 10.2. The molecular weight excluding hydrogens is 332 g/mol. The van der Waals surface area contributed by atoms with E-state index in [-0.39, 0.29) is 11.3 Å². The van der Waals surface area contributed by atoms with Crippen LogP contribution in [0.4, 0.5) is 0 Å². The van der Waals surface area contributed by atoms with Gasteiger partial charge in [-0.2, -0.15) is 0 Å². The number of carboxylic acids is 1. The minimum absolute atomic E-state index is 0.0213. The van der Waals surface area contributed by atoms with E-state index in [0.29, 0.717) is 17.3 Å². The Hall–Kier alpha value is -1.14. The van der Waals surface area contributed by atoms with Gasteiger partial charge in [-0.05, 0) is 31.9 Å². The number of halogens is 1. The summed E-state index contributed by atoms with van der Waals surface area (Å²) >= 11 is 3.16. The predicted octanol–water partition coefficient (Wildman–Crippen LogP) is 3.26. The number of hydrogen-bond acceptors (Lipinski definition) is 3. The van der Waals surface area contributed by atoms with Crippen molar-refractivity contribution in [1.82, 2.24) is 0 Å². The lowest BCUT2D eigenvalue weighted by molar-refractivity contribution is -0.137. The molecule has 1 aromatic carbocycles. The van der Waals surface area contributed by atoms with Gasteiger partial charge in [-0.3, -0.25) is 4.79 Å². The van der Waals surface area contributed by atoms with Crippen LogP contribution in [0.3, 0.4) is 0 Å². The first-order valence-electron chi connectivity index (χ1n) is 5.71. The highest BCUT2D eigenvalue weighted by Gasteiger charge is 2.11. The number of aliphatic carboxylic acids is 1. The van der Waals surface area contributed by atoms with Crippen LogP contribution in [0.5, 0.6) is 0 Å². The third-order valence-corrected chi connectivity index (χ3v) is 4.89. The van der Waals surface area contributed by atoms with Gasteiger partial charge in [-0.15, -0.1) is 0 Å². The molecule has 0 aromatic heterocycles. The number of aryl methyl sites for hydroxylation is 1. The third kappa shape index (κ3) is 5.57. The van der Waals surface area contributed by atoms with E-state index >= 15 is 0 Å². The molecule has 0 spiro atoms. The summed E-state index contributed by atoms with van der Waals surface area (Å²) in [4.78, 5) is 10.6. The first-order chi connectivity index (χ1) is 8.81. The molecule has 0 unspecified atom stereocenters. The van der Waals surface area contributed by atoms with Gasteiger partial charge in [0.25, 0.3) is 0 Å². The average Bonchev–Trinajstić information content (AvgIpc) is 2.28. The molecule has 0 saturated heterocycles. The topological polar surface area (TPSA) is 71.4 Å². The summed E-state index contributed by atoms with van der Waals surface area (Å²) in [5.74, 6) is -0.887. The van der Waals surface area contributed by atoms with Crippen LogP contribution in [-0.2, 0) is 14.6 Å². The molecule has 0 atom stereocenters. The molecule has 19 heavy (non-hydrogen) atoms. The van der Waals surface area contributed by atoms with Crippen molar-refractivity contribution >= 4 is 31.7 Å². The van der Waals surface area contributed by atoms with Gasteiger partial charge in [0, 0.05) is 16.3 Å². The largest absolute Gasteiger partial charge is 0.481 e. The van der Waals surface area contributed by atoms with Crippen LogP contribution in [0.1, 0.15) is 24.8 Å². The Kier molecular flexibility index (Phi) is 5.75. The van der Waals surface area contributed by atoms with Crippen LogP contribution < -0.4 is 0 Å². The minimum Gasteiger partial charge on any atom is -0.481 e. The first kappa shape index (κ1) is 15.9. The van der Waals surface area contributed by atoms with E-state index in [1.54, 1.807) is 24.3 Å². The normalized spacial score (nSPS) is 12.4. The Morgan fingerprint density at radius 2 is 1.84 bits per heavy atom. The fourth-order valence-corrected chi connectivity index (χ4v) is 3.56.